The second-order valence-electron chi connectivity index (χ2n) is 4.63. The van der Waals surface area contributed by atoms with Crippen LogP contribution in [-0.4, -0.2) is 64.5 Å². The molecule has 20 heavy (non-hydrogen) atoms. The van der Waals surface area contributed by atoms with Crippen LogP contribution in [0.2, 0.25) is 0 Å². The Kier molecular flexibility index (Phi) is 4.78. The third-order valence-corrected chi connectivity index (χ3v) is 2.72. The maximum Gasteiger partial charge on any atom is 0.345 e. The van der Waals surface area contributed by atoms with Crippen molar-refractivity contribution in [1.82, 2.24) is 19.6 Å². The average molecular weight is 283 g/mol. The average Bonchev–Trinajstić information content (AvgIpc) is 2.83. The molecule has 2 amide bonds. The van der Waals surface area contributed by atoms with E-state index in [1.165, 1.54) is 36.2 Å². The molecule has 1 atom stereocenters. The Bertz CT molecular complexity index is 523. The van der Waals surface area contributed by atoms with E-state index in [4.69, 9.17) is 0 Å². The molecule has 1 rings (SSSR count). The first-order valence-corrected chi connectivity index (χ1v) is 5.85. The highest BCUT2D eigenvalue weighted by Gasteiger charge is 2.34. The van der Waals surface area contributed by atoms with Crippen LogP contribution < -0.4 is 0 Å². The van der Waals surface area contributed by atoms with Crippen LogP contribution in [0.5, 0.6) is 0 Å². The van der Waals surface area contributed by atoms with E-state index in [-0.39, 0.29) is 18.1 Å². The van der Waals surface area contributed by atoms with Crippen LogP contribution >= 0.6 is 0 Å². The van der Waals surface area contributed by atoms with Crippen molar-refractivity contribution in [2.45, 2.75) is 12.5 Å². The Morgan fingerprint density at radius 1 is 1.35 bits per heavy atom. The van der Waals surface area contributed by atoms with Crippen LogP contribution in [0.3, 0.4) is 0 Å². The fourth-order valence-corrected chi connectivity index (χ4v) is 1.62. The van der Waals surface area contributed by atoms with Gasteiger partial charge in [0.25, 0.3) is 5.91 Å². The van der Waals surface area contributed by atoms with Crippen molar-refractivity contribution in [3.05, 3.63) is 22.4 Å². The summed E-state index contributed by atoms with van der Waals surface area (Å²) in [5.41, 5.74) is 0. The van der Waals surface area contributed by atoms with E-state index in [1.54, 1.807) is 14.1 Å². The zero-order valence-corrected chi connectivity index (χ0v) is 11.8. The molecule has 0 aliphatic heterocycles. The molecule has 0 N–H and O–H groups in total. The Balaban J connectivity index is 3.16. The molecule has 9 heteroatoms. The molecule has 1 unspecified atom stereocenters. The van der Waals surface area contributed by atoms with E-state index in [1.807, 2.05) is 0 Å². The number of nitro groups is 1. The molecule has 1 aromatic heterocycles. The highest BCUT2D eigenvalue weighted by Crippen LogP contribution is 2.21. The molecular weight excluding hydrogens is 266 g/mol. The van der Waals surface area contributed by atoms with Gasteiger partial charge in [0.15, 0.2) is 0 Å². The summed E-state index contributed by atoms with van der Waals surface area (Å²) in [7, 11) is 6.14. The van der Waals surface area contributed by atoms with Gasteiger partial charge in [-0.25, -0.2) is 0 Å². The third-order valence-electron chi connectivity index (χ3n) is 2.72. The minimum atomic E-state index is -1.03. The number of amides is 2. The molecule has 0 spiro atoms. The summed E-state index contributed by atoms with van der Waals surface area (Å²) in [5, 5.41) is 14.7. The van der Waals surface area contributed by atoms with Gasteiger partial charge in [-0.05, 0) is 4.92 Å². The van der Waals surface area contributed by atoms with Crippen molar-refractivity contribution in [3.63, 3.8) is 0 Å². The van der Waals surface area contributed by atoms with E-state index < -0.39 is 16.9 Å². The molecule has 9 nitrogen and oxygen atoms in total. The van der Waals surface area contributed by atoms with Crippen molar-refractivity contribution >= 4 is 17.6 Å². The van der Waals surface area contributed by atoms with Crippen molar-refractivity contribution in [2.24, 2.45) is 0 Å². The van der Waals surface area contributed by atoms with Gasteiger partial charge in [0.2, 0.25) is 11.9 Å². The van der Waals surface area contributed by atoms with Crippen LogP contribution in [0, 0.1) is 10.1 Å². The largest absolute Gasteiger partial charge is 0.358 e. The van der Waals surface area contributed by atoms with E-state index in [0.29, 0.717) is 0 Å². The lowest BCUT2D eigenvalue weighted by Gasteiger charge is -2.19. The molecule has 110 valence electrons. The first-order valence-electron chi connectivity index (χ1n) is 5.85. The number of hydrogen-bond donors (Lipinski definition) is 0. The minimum absolute atomic E-state index is 0.188. The molecule has 0 aromatic carbocycles. The number of aromatic nitrogens is 2. The van der Waals surface area contributed by atoms with Gasteiger partial charge in [-0.3, -0.25) is 9.59 Å². The number of carbonyl (C=O) groups is 2. The predicted molar refractivity (Wildman–Crippen MR) is 69.9 cm³/mol. The first kappa shape index (κ1) is 15.6. The predicted octanol–water partition coefficient (Wildman–Crippen LogP) is -0.101. The SMILES string of the molecule is CN(C)C(=O)CC(C(=O)N(C)C)n1nccc1[N+](=O)[O-]. The van der Waals surface area contributed by atoms with Crippen LogP contribution in [0.15, 0.2) is 12.3 Å². The fraction of sp³-hybridized carbons (Fsp3) is 0.545. The van der Waals surface area contributed by atoms with Crippen LogP contribution in [0.1, 0.15) is 12.5 Å². The smallest absolute Gasteiger partial charge is 0.345 e. The van der Waals surface area contributed by atoms with Gasteiger partial charge in [0.1, 0.15) is 0 Å². The Morgan fingerprint density at radius 3 is 2.40 bits per heavy atom. The summed E-state index contributed by atoms with van der Waals surface area (Å²) in [6.45, 7) is 0. The second-order valence-corrected chi connectivity index (χ2v) is 4.63. The van der Waals surface area contributed by atoms with Gasteiger partial charge in [-0.15, -0.1) is 4.68 Å². The number of carbonyl (C=O) groups excluding carboxylic acids is 2. The van der Waals surface area contributed by atoms with Crippen LogP contribution in [0.25, 0.3) is 0 Å². The van der Waals surface area contributed by atoms with Gasteiger partial charge in [0, 0.05) is 28.2 Å². The topological polar surface area (TPSA) is 102 Å². The van der Waals surface area contributed by atoms with E-state index in [2.05, 4.69) is 5.10 Å². The lowest BCUT2D eigenvalue weighted by atomic mass is 10.1. The molecule has 1 heterocycles. The quantitative estimate of drug-likeness (QED) is 0.554. The summed E-state index contributed by atoms with van der Waals surface area (Å²) < 4.78 is 0.976. The van der Waals surface area contributed by atoms with Crippen LogP contribution in [-0.2, 0) is 9.59 Å². The molecule has 1 aromatic rings. The Hall–Kier alpha value is -2.45. The number of nitrogens with zero attached hydrogens (tertiary/aromatic N) is 5. The van der Waals surface area contributed by atoms with E-state index in [0.717, 1.165) is 4.68 Å². The molecule has 0 aliphatic rings. The van der Waals surface area contributed by atoms with Gasteiger partial charge in [0.05, 0.1) is 18.7 Å². The Labute approximate surface area is 115 Å². The van der Waals surface area contributed by atoms with Crippen LogP contribution in [0.4, 0.5) is 5.82 Å². The zero-order valence-electron chi connectivity index (χ0n) is 11.8. The number of hydrogen-bond acceptors (Lipinski definition) is 5. The van der Waals surface area contributed by atoms with E-state index in [9.17, 15) is 19.7 Å². The standard InChI is InChI=1S/C11H17N5O4/c1-13(2)10(17)7-8(11(18)14(3)4)15-9(16(19)20)5-6-12-15/h5-6,8H,7H2,1-4H3. The summed E-state index contributed by atoms with van der Waals surface area (Å²) in [6, 6.07) is 0.158. The highest BCUT2D eigenvalue weighted by molar-refractivity contribution is 5.86. The third kappa shape index (κ3) is 3.31. The van der Waals surface area contributed by atoms with Gasteiger partial charge in [-0.1, -0.05) is 5.10 Å². The molecule has 0 saturated carbocycles. The second kappa shape index (κ2) is 6.13. The summed E-state index contributed by atoms with van der Waals surface area (Å²) in [5.74, 6) is -1.06. The number of rotatable bonds is 5. The number of likely N-dealkylation sites (N-methyl/N-ethyl adjacent to an activating group) is 1. The molecule has 0 radical (unpaired) electrons. The van der Waals surface area contributed by atoms with Crippen molar-refractivity contribution in [1.29, 1.82) is 0 Å². The summed E-state index contributed by atoms with van der Waals surface area (Å²) in [6.07, 6.45) is 1.04. The maximum absolute atomic E-state index is 12.1. The van der Waals surface area contributed by atoms with Crippen molar-refractivity contribution in [2.75, 3.05) is 28.2 Å². The Morgan fingerprint density at radius 2 is 1.95 bits per heavy atom. The monoisotopic (exact) mass is 283 g/mol. The lowest BCUT2D eigenvalue weighted by Crippen LogP contribution is -2.36. The summed E-state index contributed by atoms with van der Waals surface area (Å²) >= 11 is 0. The van der Waals surface area contributed by atoms with Gasteiger partial charge < -0.3 is 19.9 Å². The normalized spacial score (nSPS) is 11.8. The molecule has 0 aliphatic carbocycles. The van der Waals surface area contributed by atoms with Gasteiger partial charge in [-0.2, -0.15) is 0 Å². The first-order chi connectivity index (χ1) is 9.25. The van der Waals surface area contributed by atoms with Crippen molar-refractivity contribution in [3.8, 4) is 0 Å². The van der Waals surface area contributed by atoms with Gasteiger partial charge >= 0.3 is 5.82 Å². The zero-order chi connectivity index (χ0) is 15.4. The lowest BCUT2D eigenvalue weighted by molar-refractivity contribution is -0.393. The minimum Gasteiger partial charge on any atom is -0.358 e. The molecule has 0 bridgehead atoms. The molecule has 0 fully saturated rings. The fourth-order valence-electron chi connectivity index (χ4n) is 1.62. The van der Waals surface area contributed by atoms with Crippen molar-refractivity contribution < 1.29 is 14.5 Å². The molecular formula is C11H17N5O4. The highest BCUT2D eigenvalue weighted by atomic mass is 16.6. The summed E-state index contributed by atoms with van der Waals surface area (Å²) in [4.78, 5) is 36.8. The molecule has 0 saturated heterocycles. The van der Waals surface area contributed by atoms with E-state index >= 15 is 0 Å². The maximum atomic E-state index is 12.1.